The molecule has 3 rings (SSSR count). The molecule has 1 aromatic heterocycles. The van der Waals surface area contributed by atoms with Crippen LogP contribution < -0.4 is 0 Å². The number of nitrogens with zero attached hydrogens (tertiary/aromatic N) is 1. The number of pyridine rings is 1. The van der Waals surface area contributed by atoms with E-state index in [2.05, 4.69) is 4.98 Å². The van der Waals surface area contributed by atoms with E-state index >= 15 is 0 Å². The highest BCUT2D eigenvalue weighted by Gasteiger charge is 2.22. The van der Waals surface area contributed by atoms with Gasteiger partial charge in [-0.05, 0) is 47.9 Å². The van der Waals surface area contributed by atoms with E-state index in [1.807, 2.05) is 6.92 Å². The van der Waals surface area contributed by atoms with Gasteiger partial charge in [-0.15, -0.1) is 0 Å². The van der Waals surface area contributed by atoms with Crippen LogP contribution >= 0.6 is 0 Å². The second-order valence-corrected chi connectivity index (χ2v) is 6.34. The third-order valence-electron chi connectivity index (χ3n) is 4.27. The highest BCUT2D eigenvalue weighted by Crippen LogP contribution is 2.27. The van der Waals surface area contributed by atoms with Crippen molar-refractivity contribution in [3.8, 4) is 0 Å². The van der Waals surface area contributed by atoms with Crippen molar-refractivity contribution in [3.05, 3.63) is 101 Å². The highest BCUT2D eigenvalue weighted by atomic mass is 19.1. The first-order valence-corrected chi connectivity index (χ1v) is 8.64. The Morgan fingerprint density at radius 1 is 0.963 bits per heavy atom. The molecule has 3 nitrogen and oxygen atoms in total. The van der Waals surface area contributed by atoms with Crippen LogP contribution in [0, 0.1) is 11.6 Å². The average molecular weight is 367 g/mol. The first-order valence-electron chi connectivity index (χ1n) is 8.64. The van der Waals surface area contributed by atoms with Gasteiger partial charge in [-0.25, -0.2) is 8.78 Å². The molecule has 0 amide bonds. The lowest BCUT2D eigenvalue weighted by Crippen LogP contribution is -2.15. The number of benzene rings is 2. The van der Waals surface area contributed by atoms with Gasteiger partial charge < -0.3 is 4.74 Å². The number of carbonyl (C=O) groups is 1. The molecule has 0 radical (unpaired) electrons. The second kappa shape index (κ2) is 8.54. The molecule has 0 spiro atoms. The van der Waals surface area contributed by atoms with Gasteiger partial charge in [0.1, 0.15) is 11.6 Å². The molecule has 0 aliphatic heterocycles. The Morgan fingerprint density at radius 2 is 1.74 bits per heavy atom. The number of hydrogen-bond acceptors (Lipinski definition) is 3. The minimum Gasteiger partial charge on any atom is -0.451 e. The van der Waals surface area contributed by atoms with E-state index in [9.17, 15) is 13.6 Å². The largest absolute Gasteiger partial charge is 0.451 e. The second-order valence-electron chi connectivity index (χ2n) is 6.34. The standard InChI is InChI=1S/C22H19F2NO2/c1-15(16-8-10-18(23)11-9-16)13-21(26)27-22(20-7-2-3-12-25-20)17-5-4-6-19(24)14-17/h2-12,14-15,22H,13H2,1H3. The lowest BCUT2D eigenvalue weighted by atomic mass is 9.98. The fraction of sp³-hybridized carbons (Fsp3) is 0.182. The molecule has 2 aromatic carbocycles. The molecule has 0 N–H and O–H groups in total. The van der Waals surface area contributed by atoms with Crippen LogP contribution in [0.1, 0.15) is 42.2 Å². The maximum atomic E-state index is 13.7. The van der Waals surface area contributed by atoms with Crippen molar-refractivity contribution in [3.63, 3.8) is 0 Å². The monoisotopic (exact) mass is 367 g/mol. The zero-order chi connectivity index (χ0) is 19.2. The molecule has 2 unspecified atom stereocenters. The SMILES string of the molecule is CC(CC(=O)OC(c1cccc(F)c1)c1ccccn1)c1ccc(F)cc1. The smallest absolute Gasteiger partial charge is 0.307 e. The fourth-order valence-corrected chi connectivity index (χ4v) is 2.84. The van der Waals surface area contributed by atoms with Gasteiger partial charge in [0.2, 0.25) is 0 Å². The Labute approximate surface area is 156 Å². The van der Waals surface area contributed by atoms with Gasteiger partial charge in [-0.1, -0.05) is 37.3 Å². The molecule has 3 aromatic rings. The van der Waals surface area contributed by atoms with E-state index < -0.39 is 17.9 Å². The summed E-state index contributed by atoms with van der Waals surface area (Å²) < 4.78 is 32.4. The van der Waals surface area contributed by atoms with Gasteiger partial charge in [0.25, 0.3) is 0 Å². The summed E-state index contributed by atoms with van der Waals surface area (Å²) in [5, 5.41) is 0. The van der Waals surface area contributed by atoms with E-state index in [-0.39, 0.29) is 18.2 Å². The number of ether oxygens (including phenoxy) is 1. The Balaban J connectivity index is 1.77. The fourth-order valence-electron chi connectivity index (χ4n) is 2.84. The Hall–Kier alpha value is -3.08. The molecule has 0 aliphatic rings. The summed E-state index contributed by atoms with van der Waals surface area (Å²) in [5.74, 6) is -1.32. The van der Waals surface area contributed by atoms with Crippen molar-refractivity contribution < 1.29 is 18.3 Å². The van der Waals surface area contributed by atoms with Crippen molar-refractivity contribution in [2.24, 2.45) is 0 Å². The Bertz CT molecular complexity index is 898. The van der Waals surface area contributed by atoms with Crippen LogP contribution in [0.2, 0.25) is 0 Å². The molecule has 0 aliphatic carbocycles. The van der Waals surface area contributed by atoms with Gasteiger partial charge in [0, 0.05) is 11.8 Å². The van der Waals surface area contributed by atoms with E-state index in [1.54, 1.807) is 48.7 Å². The van der Waals surface area contributed by atoms with Gasteiger partial charge in [-0.2, -0.15) is 0 Å². The molecule has 0 saturated carbocycles. The molecule has 0 saturated heterocycles. The van der Waals surface area contributed by atoms with Crippen LogP contribution in [0.5, 0.6) is 0 Å². The number of hydrogen-bond donors (Lipinski definition) is 0. The summed E-state index contributed by atoms with van der Waals surface area (Å²) in [6.45, 7) is 1.87. The lowest BCUT2D eigenvalue weighted by molar-refractivity contribution is -0.148. The zero-order valence-corrected chi connectivity index (χ0v) is 14.8. The number of halogens is 2. The number of aromatic nitrogens is 1. The maximum absolute atomic E-state index is 13.7. The predicted molar refractivity (Wildman–Crippen MR) is 98.0 cm³/mol. The summed E-state index contributed by atoms with van der Waals surface area (Å²) in [5.41, 5.74) is 1.87. The minimum absolute atomic E-state index is 0.115. The predicted octanol–water partition coefficient (Wildman–Crippen LogP) is 5.19. The molecule has 1 heterocycles. The van der Waals surface area contributed by atoms with Crippen LogP contribution in [-0.2, 0) is 9.53 Å². The molecule has 0 bridgehead atoms. The summed E-state index contributed by atoms with van der Waals surface area (Å²) >= 11 is 0. The van der Waals surface area contributed by atoms with E-state index in [1.165, 1.54) is 24.3 Å². The summed E-state index contributed by atoms with van der Waals surface area (Å²) in [4.78, 5) is 16.8. The molecule has 138 valence electrons. The van der Waals surface area contributed by atoms with E-state index in [4.69, 9.17) is 4.74 Å². The van der Waals surface area contributed by atoms with Crippen LogP contribution in [0.4, 0.5) is 8.78 Å². The molecular formula is C22H19F2NO2. The maximum Gasteiger partial charge on any atom is 0.307 e. The highest BCUT2D eigenvalue weighted by molar-refractivity contribution is 5.71. The molecule has 5 heteroatoms. The normalized spacial score (nSPS) is 13.0. The lowest BCUT2D eigenvalue weighted by Gasteiger charge is -2.19. The molecule has 0 fully saturated rings. The summed E-state index contributed by atoms with van der Waals surface area (Å²) in [6, 6.07) is 17.2. The number of rotatable bonds is 6. The average Bonchev–Trinajstić information content (AvgIpc) is 2.67. The van der Waals surface area contributed by atoms with Gasteiger partial charge >= 0.3 is 5.97 Å². The number of esters is 1. The third-order valence-corrected chi connectivity index (χ3v) is 4.27. The topological polar surface area (TPSA) is 39.2 Å². The first-order chi connectivity index (χ1) is 13.0. The van der Waals surface area contributed by atoms with Crippen molar-refractivity contribution >= 4 is 5.97 Å². The van der Waals surface area contributed by atoms with E-state index in [0.717, 1.165) is 5.56 Å². The van der Waals surface area contributed by atoms with Crippen molar-refractivity contribution in [2.45, 2.75) is 25.4 Å². The zero-order valence-electron chi connectivity index (χ0n) is 14.8. The number of carbonyl (C=O) groups excluding carboxylic acids is 1. The quantitative estimate of drug-likeness (QED) is 0.563. The Kier molecular flexibility index (Phi) is 5.91. The van der Waals surface area contributed by atoms with Crippen molar-refractivity contribution in [2.75, 3.05) is 0 Å². The van der Waals surface area contributed by atoms with Crippen LogP contribution in [0.25, 0.3) is 0 Å². The van der Waals surface area contributed by atoms with Gasteiger partial charge in [0.15, 0.2) is 6.10 Å². The molecule has 27 heavy (non-hydrogen) atoms. The minimum atomic E-state index is -0.796. The van der Waals surface area contributed by atoms with Crippen LogP contribution in [0.15, 0.2) is 72.9 Å². The van der Waals surface area contributed by atoms with Crippen molar-refractivity contribution in [1.29, 1.82) is 0 Å². The molecule has 2 atom stereocenters. The van der Waals surface area contributed by atoms with Crippen LogP contribution in [-0.4, -0.2) is 11.0 Å². The third kappa shape index (κ3) is 4.97. The first kappa shape index (κ1) is 18.7. The van der Waals surface area contributed by atoms with Crippen molar-refractivity contribution in [1.82, 2.24) is 4.98 Å². The van der Waals surface area contributed by atoms with E-state index in [0.29, 0.717) is 11.3 Å². The van der Waals surface area contributed by atoms with Gasteiger partial charge in [-0.3, -0.25) is 9.78 Å². The Morgan fingerprint density at radius 3 is 2.41 bits per heavy atom. The molecular weight excluding hydrogens is 348 g/mol. The summed E-state index contributed by atoms with van der Waals surface area (Å²) in [7, 11) is 0. The summed E-state index contributed by atoms with van der Waals surface area (Å²) in [6.07, 6.45) is 0.913. The van der Waals surface area contributed by atoms with Crippen LogP contribution in [0.3, 0.4) is 0 Å². The van der Waals surface area contributed by atoms with Gasteiger partial charge in [0.05, 0.1) is 12.1 Å².